The molecule has 0 aliphatic rings. The van der Waals surface area contributed by atoms with E-state index in [2.05, 4.69) is 0 Å². The van der Waals surface area contributed by atoms with Crippen LogP contribution in [0.25, 0.3) is 0 Å². The molecule has 8 nitrogen and oxygen atoms in total. The number of nitrogen functional groups attached to an aromatic ring is 1. The van der Waals surface area contributed by atoms with Crippen LogP contribution in [0.4, 0.5) is 11.4 Å². The maximum Gasteiger partial charge on any atom is 0.314 e. The van der Waals surface area contributed by atoms with Gasteiger partial charge in [-0.1, -0.05) is 0 Å². The fourth-order valence-corrected chi connectivity index (χ4v) is 1.58. The predicted molar refractivity (Wildman–Crippen MR) is 49.0 cm³/mol. The molecule has 4 N–H and O–H groups in total. The van der Waals surface area contributed by atoms with Gasteiger partial charge in [0.05, 0.1) is 4.92 Å². The summed E-state index contributed by atoms with van der Waals surface area (Å²) < 4.78 is 30.0. The van der Waals surface area contributed by atoms with Gasteiger partial charge >= 0.3 is 5.69 Å². The van der Waals surface area contributed by atoms with Gasteiger partial charge in [0, 0.05) is 11.8 Å². The summed E-state index contributed by atoms with van der Waals surface area (Å²) >= 11 is 0. The maximum atomic E-state index is 10.7. The van der Waals surface area contributed by atoms with Crippen LogP contribution in [0.1, 0.15) is 0 Å². The Balaban J connectivity index is 3.63. The van der Waals surface area contributed by atoms with Crippen molar-refractivity contribution >= 4 is 21.5 Å². The van der Waals surface area contributed by atoms with Crippen LogP contribution in [0, 0.1) is 10.1 Å². The smallest absolute Gasteiger partial charge is 0.314 e. The van der Waals surface area contributed by atoms with Gasteiger partial charge in [0.15, 0.2) is 0 Å². The minimum absolute atomic E-state index is 0.257. The first-order valence-electron chi connectivity index (χ1n) is 3.48. The number of nitrogens with two attached hydrogens (primary N) is 1. The van der Waals surface area contributed by atoms with Gasteiger partial charge in [0.25, 0.3) is 10.1 Å². The van der Waals surface area contributed by atoms with E-state index in [0.29, 0.717) is 0 Å². The molecule has 1 aromatic rings. The zero-order valence-corrected chi connectivity index (χ0v) is 7.93. The number of rotatable bonds is 2. The van der Waals surface area contributed by atoms with Gasteiger partial charge in [-0.25, -0.2) is 0 Å². The molecule has 0 heterocycles. The number of nitro benzene ring substituents is 1. The fraction of sp³-hybridized carbons (Fsp3) is 0. The Kier molecular flexibility index (Phi) is 2.51. The summed E-state index contributed by atoms with van der Waals surface area (Å²) in [5.41, 5.74) is 4.03. The van der Waals surface area contributed by atoms with E-state index < -0.39 is 31.4 Å². The quantitative estimate of drug-likeness (QED) is 0.217. The Morgan fingerprint density at radius 3 is 2.33 bits per heavy atom. The highest BCUT2D eigenvalue weighted by Gasteiger charge is 2.25. The van der Waals surface area contributed by atoms with E-state index in [-0.39, 0.29) is 5.69 Å². The molecule has 82 valence electrons. The standard InChI is InChI=1S/C6H6N2O6S/c7-3-1-4(8(10)11)6(9)5(2-3)15(12,13)14/h1-2,9H,7H2,(H,12,13,14). The van der Waals surface area contributed by atoms with Crippen molar-refractivity contribution in [2.24, 2.45) is 0 Å². The molecule has 1 rings (SSSR count). The Morgan fingerprint density at radius 2 is 1.93 bits per heavy atom. The lowest BCUT2D eigenvalue weighted by molar-refractivity contribution is -0.386. The van der Waals surface area contributed by atoms with Crippen LogP contribution in [0.2, 0.25) is 0 Å². The van der Waals surface area contributed by atoms with Gasteiger partial charge in [0.2, 0.25) is 5.75 Å². The highest BCUT2D eigenvalue weighted by molar-refractivity contribution is 7.86. The van der Waals surface area contributed by atoms with E-state index in [9.17, 15) is 23.6 Å². The third kappa shape index (κ3) is 2.14. The average molecular weight is 234 g/mol. The highest BCUT2D eigenvalue weighted by atomic mass is 32.2. The minimum Gasteiger partial charge on any atom is -0.501 e. The highest BCUT2D eigenvalue weighted by Crippen LogP contribution is 2.34. The molecular weight excluding hydrogens is 228 g/mol. The van der Waals surface area contributed by atoms with Gasteiger partial charge < -0.3 is 10.8 Å². The van der Waals surface area contributed by atoms with Crippen molar-refractivity contribution < 1.29 is 23.0 Å². The molecule has 0 aliphatic heterocycles. The van der Waals surface area contributed by atoms with Crippen LogP contribution >= 0.6 is 0 Å². The van der Waals surface area contributed by atoms with Crippen molar-refractivity contribution in [1.82, 2.24) is 0 Å². The number of nitro groups is 1. The fourth-order valence-electron chi connectivity index (χ4n) is 0.950. The summed E-state index contributed by atoms with van der Waals surface area (Å²) in [6, 6.07) is 1.50. The second-order valence-electron chi connectivity index (χ2n) is 2.62. The van der Waals surface area contributed by atoms with Crippen molar-refractivity contribution in [3.05, 3.63) is 22.2 Å². The lowest BCUT2D eigenvalue weighted by Gasteiger charge is -2.03. The number of nitrogens with zero attached hydrogens (tertiary/aromatic N) is 1. The Hall–Kier alpha value is -1.87. The molecule has 0 saturated heterocycles. The third-order valence-corrected chi connectivity index (χ3v) is 2.42. The molecule has 9 heteroatoms. The van der Waals surface area contributed by atoms with E-state index in [4.69, 9.17) is 10.3 Å². The summed E-state index contributed by atoms with van der Waals surface area (Å²) in [6.07, 6.45) is 0. The second-order valence-corrected chi connectivity index (χ2v) is 4.01. The molecule has 0 amide bonds. The molecule has 15 heavy (non-hydrogen) atoms. The SMILES string of the molecule is Nc1cc([N+](=O)[O-])c(O)c(S(=O)(=O)O)c1. The van der Waals surface area contributed by atoms with Crippen LogP contribution < -0.4 is 5.73 Å². The van der Waals surface area contributed by atoms with E-state index in [0.717, 1.165) is 12.1 Å². The summed E-state index contributed by atoms with van der Waals surface area (Å²) in [5.74, 6) is -1.14. The molecule has 0 atom stereocenters. The van der Waals surface area contributed by atoms with Crippen LogP contribution in [-0.4, -0.2) is 23.0 Å². The third-order valence-electron chi connectivity index (χ3n) is 1.55. The van der Waals surface area contributed by atoms with Crippen molar-refractivity contribution in [2.75, 3.05) is 5.73 Å². The first-order valence-corrected chi connectivity index (χ1v) is 4.92. The molecule has 0 aromatic heterocycles. The van der Waals surface area contributed by atoms with Gasteiger partial charge in [-0.2, -0.15) is 8.42 Å². The Bertz CT molecular complexity index is 523. The molecule has 0 fully saturated rings. The largest absolute Gasteiger partial charge is 0.501 e. The maximum absolute atomic E-state index is 10.7. The Morgan fingerprint density at radius 1 is 1.40 bits per heavy atom. The molecular formula is C6H6N2O6S. The lowest BCUT2D eigenvalue weighted by Crippen LogP contribution is -2.02. The molecule has 0 aliphatic carbocycles. The first-order chi connectivity index (χ1) is 6.73. The van der Waals surface area contributed by atoms with E-state index >= 15 is 0 Å². The number of phenols is 1. The number of hydrogen-bond donors (Lipinski definition) is 3. The summed E-state index contributed by atoms with van der Waals surface area (Å²) in [7, 11) is -4.75. The van der Waals surface area contributed by atoms with Gasteiger partial charge in [0.1, 0.15) is 4.90 Å². The molecule has 0 saturated carbocycles. The van der Waals surface area contributed by atoms with Crippen molar-refractivity contribution in [3.8, 4) is 5.75 Å². The van der Waals surface area contributed by atoms with Crippen molar-refractivity contribution in [1.29, 1.82) is 0 Å². The first kappa shape index (κ1) is 11.2. The Labute approximate surface area is 83.8 Å². The van der Waals surface area contributed by atoms with Crippen LogP contribution in [0.15, 0.2) is 17.0 Å². The summed E-state index contributed by atoms with van der Waals surface area (Å²) in [6.45, 7) is 0. The number of aromatic hydroxyl groups is 1. The topological polar surface area (TPSA) is 144 Å². The van der Waals surface area contributed by atoms with Gasteiger partial charge in [-0.15, -0.1) is 0 Å². The van der Waals surface area contributed by atoms with Crippen LogP contribution in [-0.2, 0) is 10.1 Å². The predicted octanol–water partition coefficient (Wildman–Crippen LogP) is 0.129. The molecule has 0 radical (unpaired) electrons. The van der Waals surface area contributed by atoms with Crippen molar-refractivity contribution in [2.45, 2.75) is 4.90 Å². The van der Waals surface area contributed by atoms with E-state index in [1.807, 2.05) is 0 Å². The van der Waals surface area contributed by atoms with Gasteiger partial charge in [-0.3, -0.25) is 14.7 Å². The van der Waals surface area contributed by atoms with E-state index in [1.54, 1.807) is 0 Å². The number of benzene rings is 1. The zero-order valence-electron chi connectivity index (χ0n) is 7.11. The van der Waals surface area contributed by atoms with Crippen molar-refractivity contribution in [3.63, 3.8) is 0 Å². The second kappa shape index (κ2) is 3.37. The average Bonchev–Trinajstić information content (AvgIpc) is 2.06. The summed E-state index contributed by atoms with van der Waals surface area (Å²) in [4.78, 5) is 8.36. The normalized spacial score (nSPS) is 11.3. The minimum atomic E-state index is -4.75. The van der Waals surface area contributed by atoms with Gasteiger partial charge in [-0.05, 0) is 6.07 Å². The molecule has 0 unspecified atom stereocenters. The summed E-state index contributed by atoms with van der Waals surface area (Å²) in [5, 5.41) is 19.5. The number of anilines is 1. The van der Waals surface area contributed by atoms with E-state index in [1.165, 1.54) is 0 Å². The zero-order chi connectivity index (χ0) is 11.8. The number of hydrogen-bond acceptors (Lipinski definition) is 6. The monoisotopic (exact) mass is 234 g/mol. The molecule has 0 spiro atoms. The van der Waals surface area contributed by atoms with Crippen LogP contribution in [0.5, 0.6) is 5.75 Å². The molecule has 1 aromatic carbocycles. The molecule has 0 bridgehead atoms. The van der Waals surface area contributed by atoms with Crippen LogP contribution in [0.3, 0.4) is 0 Å². The lowest BCUT2D eigenvalue weighted by atomic mass is 10.2. The number of phenolic OH excluding ortho intramolecular Hbond substituents is 1.